The predicted molar refractivity (Wildman–Crippen MR) is 109 cm³/mol. The molecule has 7 heteroatoms. The van der Waals surface area contributed by atoms with Crippen LogP contribution in [0.2, 0.25) is 0 Å². The molecule has 2 amide bonds. The average Bonchev–Trinajstić information content (AvgIpc) is 3.20. The van der Waals surface area contributed by atoms with E-state index in [-0.39, 0.29) is 12.8 Å². The summed E-state index contributed by atoms with van der Waals surface area (Å²) in [5, 5.41) is 2.98. The highest BCUT2D eigenvalue weighted by Crippen LogP contribution is 2.32. The summed E-state index contributed by atoms with van der Waals surface area (Å²) in [5.74, 6) is 2.43. The van der Waals surface area contributed by atoms with Gasteiger partial charge in [-0.3, -0.25) is 0 Å². The smallest absolute Gasteiger partial charge is 0.317 e. The van der Waals surface area contributed by atoms with E-state index in [1.54, 1.807) is 4.90 Å². The maximum absolute atomic E-state index is 12.6. The maximum Gasteiger partial charge on any atom is 0.317 e. The number of pyridine rings is 1. The van der Waals surface area contributed by atoms with Crippen molar-refractivity contribution in [3.05, 3.63) is 47.7 Å². The van der Waals surface area contributed by atoms with Crippen molar-refractivity contribution in [2.24, 2.45) is 0 Å². The maximum atomic E-state index is 12.6. The molecule has 0 bridgehead atoms. The fraction of sp³-hybridized carbons (Fsp3) is 0.429. The molecule has 28 heavy (non-hydrogen) atoms. The Balaban J connectivity index is 1.55. The van der Waals surface area contributed by atoms with Gasteiger partial charge >= 0.3 is 6.03 Å². The van der Waals surface area contributed by atoms with Gasteiger partial charge in [-0.2, -0.15) is 0 Å². The number of benzene rings is 1. The number of aromatic nitrogens is 1. The molecule has 0 atom stereocenters. The summed E-state index contributed by atoms with van der Waals surface area (Å²) in [5.41, 5.74) is 1.98. The third-order valence-electron chi connectivity index (χ3n) is 4.82. The van der Waals surface area contributed by atoms with Crippen molar-refractivity contribution in [3.63, 3.8) is 0 Å². The van der Waals surface area contributed by atoms with Crippen LogP contribution in [0.3, 0.4) is 0 Å². The van der Waals surface area contributed by atoms with Gasteiger partial charge in [0.2, 0.25) is 6.79 Å². The molecule has 0 saturated heterocycles. The number of urea groups is 1. The zero-order valence-corrected chi connectivity index (χ0v) is 16.8. The fourth-order valence-electron chi connectivity index (χ4n) is 3.13. The molecular formula is C21H28N4O3. The van der Waals surface area contributed by atoms with E-state index < -0.39 is 0 Å². The Kier molecular flexibility index (Phi) is 6.57. The summed E-state index contributed by atoms with van der Waals surface area (Å²) in [6, 6.07) is 9.67. The van der Waals surface area contributed by atoms with E-state index in [1.807, 2.05) is 43.5 Å². The van der Waals surface area contributed by atoms with Crippen LogP contribution in [-0.4, -0.2) is 42.3 Å². The van der Waals surface area contributed by atoms with Crippen molar-refractivity contribution in [2.45, 2.75) is 33.9 Å². The van der Waals surface area contributed by atoms with Gasteiger partial charge in [-0.05, 0) is 50.1 Å². The molecule has 1 N–H and O–H groups in total. The van der Waals surface area contributed by atoms with Crippen molar-refractivity contribution >= 4 is 11.8 Å². The van der Waals surface area contributed by atoms with E-state index >= 15 is 0 Å². The monoisotopic (exact) mass is 384 g/mol. The number of carbonyl (C=O) groups excluding carboxylic acids is 1. The number of amides is 2. The first-order chi connectivity index (χ1) is 13.6. The molecule has 2 heterocycles. The van der Waals surface area contributed by atoms with Crippen LogP contribution in [0.25, 0.3) is 0 Å². The van der Waals surface area contributed by atoms with Crippen molar-refractivity contribution in [3.8, 4) is 11.5 Å². The molecule has 7 nitrogen and oxygen atoms in total. The van der Waals surface area contributed by atoms with Gasteiger partial charge in [-0.25, -0.2) is 9.78 Å². The Morgan fingerprint density at radius 1 is 1.04 bits per heavy atom. The minimum atomic E-state index is -0.104. The molecular weight excluding hydrogens is 356 g/mol. The van der Waals surface area contributed by atoms with E-state index in [0.717, 1.165) is 41.5 Å². The van der Waals surface area contributed by atoms with Gasteiger partial charge in [-0.1, -0.05) is 12.1 Å². The summed E-state index contributed by atoms with van der Waals surface area (Å²) in [4.78, 5) is 21.0. The van der Waals surface area contributed by atoms with Crippen LogP contribution in [0.1, 0.15) is 31.9 Å². The second-order valence-electron chi connectivity index (χ2n) is 6.56. The van der Waals surface area contributed by atoms with E-state index in [2.05, 4.69) is 29.0 Å². The molecule has 0 spiro atoms. The first-order valence-electron chi connectivity index (χ1n) is 9.75. The molecule has 2 aromatic rings. The highest BCUT2D eigenvalue weighted by Gasteiger charge is 2.16. The van der Waals surface area contributed by atoms with Gasteiger partial charge in [0.05, 0.1) is 0 Å². The Labute approximate surface area is 166 Å². The van der Waals surface area contributed by atoms with Gasteiger partial charge < -0.3 is 24.6 Å². The van der Waals surface area contributed by atoms with E-state index in [4.69, 9.17) is 9.47 Å². The number of hydrogen-bond donors (Lipinski definition) is 1. The highest BCUT2D eigenvalue weighted by molar-refractivity contribution is 5.74. The van der Waals surface area contributed by atoms with Crippen LogP contribution >= 0.6 is 0 Å². The number of anilines is 1. The minimum absolute atomic E-state index is 0.104. The first kappa shape index (κ1) is 19.8. The average molecular weight is 384 g/mol. The van der Waals surface area contributed by atoms with Crippen LogP contribution in [0.15, 0.2) is 36.5 Å². The van der Waals surface area contributed by atoms with Gasteiger partial charge in [0, 0.05) is 38.9 Å². The summed E-state index contributed by atoms with van der Waals surface area (Å²) >= 11 is 0. The van der Waals surface area contributed by atoms with Crippen molar-refractivity contribution < 1.29 is 14.3 Å². The number of nitrogens with zero attached hydrogens (tertiary/aromatic N) is 3. The lowest BCUT2D eigenvalue weighted by molar-refractivity contribution is 0.173. The van der Waals surface area contributed by atoms with Gasteiger partial charge in [0.1, 0.15) is 5.82 Å². The van der Waals surface area contributed by atoms with Crippen molar-refractivity contribution in [2.75, 3.05) is 31.3 Å². The predicted octanol–water partition coefficient (Wildman–Crippen LogP) is 3.39. The molecule has 0 aliphatic carbocycles. The highest BCUT2D eigenvalue weighted by atomic mass is 16.7. The number of nitrogens with one attached hydrogen (secondary N) is 1. The minimum Gasteiger partial charge on any atom is -0.454 e. The van der Waals surface area contributed by atoms with Crippen LogP contribution in [0.4, 0.5) is 10.6 Å². The summed E-state index contributed by atoms with van der Waals surface area (Å²) in [6.45, 7) is 9.85. The van der Waals surface area contributed by atoms with Crippen LogP contribution in [0.5, 0.6) is 11.5 Å². The molecule has 150 valence electrons. The Morgan fingerprint density at radius 3 is 2.46 bits per heavy atom. The second-order valence-corrected chi connectivity index (χ2v) is 6.56. The van der Waals surface area contributed by atoms with E-state index in [0.29, 0.717) is 19.6 Å². The number of ether oxygens (including phenoxy) is 2. The van der Waals surface area contributed by atoms with E-state index in [9.17, 15) is 4.79 Å². The summed E-state index contributed by atoms with van der Waals surface area (Å²) < 4.78 is 10.7. The van der Waals surface area contributed by atoms with Crippen LogP contribution in [0, 0.1) is 0 Å². The standard InChI is InChI=1S/C21H28N4O3/c1-4-24(5-2)20-10-8-17(12-22-20)13-23-21(26)25(6-3)14-16-7-9-18-19(11-16)28-15-27-18/h7-12H,4-6,13-15H2,1-3H3,(H,23,26). The molecule has 0 radical (unpaired) electrons. The van der Waals surface area contributed by atoms with Gasteiger partial charge in [0.25, 0.3) is 0 Å². The van der Waals surface area contributed by atoms with Gasteiger partial charge in [-0.15, -0.1) is 0 Å². The topological polar surface area (TPSA) is 66.9 Å². The SMILES string of the molecule is CCN(Cc1ccc2c(c1)OCO2)C(=O)NCc1ccc(N(CC)CC)nc1. The lowest BCUT2D eigenvalue weighted by Crippen LogP contribution is -2.39. The molecule has 1 aliphatic rings. The second kappa shape index (κ2) is 9.30. The number of fused-ring (bicyclic) bond motifs is 1. The third kappa shape index (κ3) is 4.65. The zero-order valence-electron chi connectivity index (χ0n) is 16.8. The molecule has 0 unspecified atom stereocenters. The normalized spacial score (nSPS) is 12.0. The lowest BCUT2D eigenvalue weighted by atomic mass is 10.2. The first-order valence-corrected chi connectivity index (χ1v) is 9.75. The van der Waals surface area contributed by atoms with E-state index in [1.165, 1.54) is 0 Å². The lowest BCUT2D eigenvalue weighted by Gasteiger charge is -2.22. The largest absolute Gasteiger partial charge is 0.454 e. The van der Waals surface area contributed by atoms with Gasteiger partial charge in [0.15, 0.2) is 11.5 Å². The third-order valence-corrected chi connectivity index (χ3v) is 4.82. The zero-order chi connectivity index (χ0) is 19.9. The van der Waals surface area contributed by atoms with Crippen LogP contribution in [-0.2, 0) is 13.1 Å². The summed E-state index contributed by atoms with van der Waals surface area (Å²) in [7, 11) is 0. The molecule has 0 saturated carbocycles. The Morgan fingerprint density at radius 2 is 1.79 bits per heavy atom. The summed E-state index contributed by atoms with van der Waals surface area (Å²) in [6.07, 6.45) is 1.82. The number of carbonyl (C=O) groups is 1. The Bertz CT molecular complexity index is 791. The number of rotatable bonds is 8. The number of hydrogen-bond acceptors (Lipinski definition) is 5. The Hall–Kier alpha value is -2.96. The molecule has 3 rings (SSSR count). The van der Waals surface area contributed by atoms with Crippen molar-refractivity contribution in [1.82, 2.24) is 15.2 Å². The molecule has 1 aromatic carbocycles. The molecule has 0 fully saturated rings. The van der Waals surface area contributed by atoms with Crippen LogP contribution < -0.4 is 19.7 Å². The molecule has 1 aromatic heterocycles. The quantitative estimate of drug-likeness (QED) is 0.756. The fourth-order valence-corrected chi connectivity index (χ4v) is 3.13. The molecule has 1 aliphatic heterocycles. The van der Waals surface area contributed by atoms with Crippen molar-refractivity contribution in [1.29, 1.82) is 0 Å².